The van der Waals surface area contributed by atoms with E-state index in [1.807, 2.05) is 20.7 Å². The minimum absolute atomic E-state index is 0.00896. The molecular weight excluding hydrogens is 406 g/mol. The van der Waals surface area contributed by atoms with Gasteiger partial charge in [-0.15, -0.1) is 21.5 Å². The van der Waals surface area contributed by atoms with Gasteiger partial charge in [0.1, 0.15) is 4.70 Å². The van der Waals surface area contributed by atoms with Gasteiger partial charge in [0.25, 0.3) is 5.56 Å². The zero-order valence-electron chi connectivity index (χ0n) is 17.1. The van der Waals surface area contributed by atoms with Gasteiger partial charge in [-0.05, 0) is 50.0 Å². The number of nitrogens with zero attached hydrogens (tertiary/aromatic N) is 5. The number of fused-ring (bicyclic) bond motifs is 3. The monoisotopic (exact) mass is 433 g/mol. The zero-order chi connectivity index (χ0) is 20.5. The molecule has 0 bridgehead atoms. The molecule has 7 nitrogen and oxygen atoms in total. The van der Waals surface area contributed by atoms with Crippen molar-refractivity contribution in [1.82, 2.24) is 24.1 Å². The number of hydrogen-bond acceptors (Lipinski definition) is 6. The summed E-state index contributed by atoms with van der Waals surface area (Å²) in [5.41, 5.74) is 0.812. The summed E-state index contributed by atoms with van der Waals surface area (Å²) in [5.74, 6) is 1.53. The molecule has 4 rings (SSSR count). The van der Waals surface area contributed by atoms with Crippen LogP contribution in [0.4, 0.5) is 0 Å². The maximum absolute atomic E-state index is 13.0. The molecule has 1 aliphatic heterocycles. The molecule has 0 unspecified atom stereocenters. The van der Waals surface area contributed by atoms with Crippen LogP contribution in [0.25, 0.3) is 16.0 Å². The zero-order valence-corrected chi connectivity index (χ0v) is 18.8. The predicted octanol–water partition coefficient (Wildman–Crippen LogP) is 3.64. The molecule has 29 heavy (non-hydrogen) atoms. The number of aromatic nitrogens is 4. The quantitative estimate of drug-likeness (QED) is 0.555. The molecule has 3 aromatic heterocycles. The van der Waals surface area contributed by atoms with Crippen molar-refractivity contribution < 1.29 is 4.79 Å². The lowest BCUT2D eigenvalue weighted by Gasteiger charge is -2.33. The Morgan fingerprint density at radius 2 is 2.17 bits per heavy atom. The van der Waals surface area contributed by atoms with E-state index in [0.717, 1.165) is 31.3 Å². The molecule has 156 valence electrons. The van der Waals surface area contributed by atoms with Crippen molar-refractivity contribution in [2.75, 3.05) is 12.3 Å². The first-order valence-electron chi connectivity index (χ1n) is 10.2. The Balaban J connectivity index is 1.65. The van der Waals surface area contributed by atoms with Gasteiger partial charge >= 0.3 is 0 Å². The molecule has 4 heterocycles. The summed E-state index contributed by atoms with van der Waals surface area (Å²) < 4.78 is 4.37. The van der Waals surface area contributed by atoms with Crippen LogP contribution < -0.4 is 5.56 Å². The third-order valence-corrected chi connectivity index (χ3v) is 7.37. The Bertz CT molecular complexity index is 1080. The number of piperidine rings is 1. The number of likely N-dealkylation sites (tertiary alicyclic amines) is 1. The summed E-state index contributed by atoms with van der Waals surface area (Å²) in [7, 11) is 0. The number of thiophene rings is 1. The van der Waals surface area contributed by atoms with Crippen molar-refractivity contribution in [3.05, 3.63) is 21.8 Å². The Morgan fingerprint density at radius 3 is 2.93 bits per heavy atom. The average Bonchev–Trinajstić information content (AvgIpc) is 3.33. The first-order valence-corrected chi connectivity index (χ1v) is 12.1. The molecule has 0 spiro atoms. The summed E-state index contributed by atoms with van der Waals surface area (Å²) in [6.07, 6.45) is 4.23. The molecule has 0 saturated carbocycles. The summed E-state index contributed by atoms with van der Waals surface area (Å²) >= 11 is 2.85. The average molecular weight is 434 g/mol. The largest absolute Gasteiger partial charge is 0.339 e. The lowest BCUT2D eigenvalue weighted by atomic mass is 10.0. The SMILES string of the molecule is CC(C)CCn1c(=O)c2sccc2n2c(SCC(=O)N3CCCC[C@@H]3C)nnc12. The summed E-state index contributed by atoms with van der Waals surface area (Å²) in [4.78, 5) is 27.7. The lowest BCUT2D eigenvalue weighted by Crippen LogP contribution is -2.42. The van der Waals surface area contributed by atoms with E-state index in [0.29, 0.717) is 39.9 Å². The van der Waals surface area contributed by atoms with Gasteiger partial charge in [0.15, 0.2) is 5.16 Å². The third-order valence-electron chi connectivity index (χ3n) is 5.56. The van der Waals surface area contributed by atoms with E-state index in [-0.39, 0.29) is 11.5 Å². The number of rotatable bonds is 6. The normalized spacial score (nSPS) is 17.7. The van der Waals surface area contributed by atoms with Gasteiger partial charge in [0, 0.05) is 19.1 Å². The Hall–Kier alpha value is -1.87. The number of carbonyl (C=O) groups excluding carboxylic acids is 1. The fourth-order valence-electron chi connectivity index (χ4n) is 3.86. The maximum Gasteiger partial charge on any atom is 0.272 e. The van der Waals surface area contributed by atoms with E-state index in [1.165, 1.54) is 29.5 Å². The summed E-state index contributed by atoms with van der Waals surface area (Å²) in [6.45, 7) is 7.86. The topological polar surface area (TPSA) is 72.5 Å². The van der Waals surface area contributed by atoms with Gasteiger partial charge in [-0.2, -0.15) is 0 Å². The maximum atomic E-state index is 13.0. The van der Waals surface area contributed by atoms with Crippen molar-refractivity contribution in [1.29, 1.82) is 0 Å². The van der Waals surface area contributed by atoms with Gasteiger partial charge in [0.05, 0.1) is 11.3 Å². The van der Waals surface area contributed by atoms with E-state index < -0.39 is 0 Å². The smallest absolute Gasteiger partial charge is 0.272 e. The molecule has 1 amide bonds. The van der Waals surface area contributed by atoms with Crippen LogP contribution in [0, 0.1) is 5.92 Å². The van der Waals surface area contributed by atoms with E-state index in [9.17, 15) is 9.59 Å². The molecule has 0 aromatic carbocycles. The minimum atomic E-state index is -0.00896. The van der Waals surface area contributed by atoms with Crippen LogP contribution in [0.3, 0.4) is 0 Å². The summed E-state index contributed by atoms with van der Waals surface area (Å²) in [6, 6.07) is 2.24. The van der Waals surface area contributed by atoms with Crippen LogP contribution >= 0.6 is 23.1 Å². The number of aryl methyl sites for hydroxylation is 1. The second-order valence-corrected chi connectivity index (χ2v) is 9.97. The van der Waals surface area contributed by atoms with Crippen molar-refractivity contribution in [3.63, 3.8) is 0 Å². The van der Waals surface area contributed by atoms with Gasteiger partial charge in [-0.25, -0.2) is 0 Å². The Labute approximate surface area is 178 Å². The fourth-order valence-corrected chi connectivity index (χ4v) is 5.51. The number of hydrogen-bond donors (Lipinski definition) is 0. The van der Waals surface area contributed by atoms with Crippen LogP contribution in [-0.2, 0) is 11.3 Å². The number of amides is 1. The molecule has 9 heteroatoms. The van der Waals surface area contributed by atoms with Crippen molar-refractivity contribution >= 4 is 45.0 Å². The van der Waals surface area contributed by atoms with Crippen molar-refractivity contribution in [2.45, 2.75) is 64.2 Å². The van der Waals surface area contributed by atoms with Crippen LogP contribution in [0.2, 0.25) is 0 Å². The standard InChI is InChI=1S/C20H27N5O2S2/c1-13(2)7-10-24-18(27)17-15(8-11-28-17)25-19(24)21-22-20(25)29-12-16(26)23-9-5-4-6-14(23)3/h8,11,13-14H,4-7,9-10,12H2,1-3H3/t14-/m0/s1. The molecule has 0 radical (unpaired) electrons. The molecule has 0 N–H and O–H groups in total. The van der Waals surface area contributed by atoms with E-state index in [2.05, 4.69) is 31.0 Å². The Kier molecular flexibility index (Phi) is 5.96. The van der Waals surface area contributed by atoms with Crippen LogP contribution in [0.1, 0.15) is 46.5 Å². The van der Waals surface area contributed by atoms with E-state index in [1.54, 1.807) is 4.57 Å². The number of carbonyl (C=O) groups is 1. The molecular formula is C20H27N5O2S2. The number of thioether (sulfide) groups is 1. The van der Waals surface area contributed by atoms with Crippen LogP contribution in [0.15, 0.2) is 21.4 Å². The molecule has 0 aliphatic carbocycles. The first kappa shape index (κ1) is 20.4. The van der Waals surface area contributed by atoms with Gasteiger partial charge < -0.3 is 4.90 Å². The van der Waals surface area contributed by atoms with Crippen LogP contribution in [-0.4, -0.2) is 48.3 Å². The van der Waals surface area contributed by atoms with E-state index >= 15 is 0 Å². The second-order valence-electron chi connectivity index (χ2n) is 8.11. The molecule has 1 saturated heterocycles. The van der Waals surface area contributed by atoms with Gasteiger partial charge in [0.2, 0.25) is 11.7 Å². The molecule has 1 atom stereocenters. The summed E-state index contributed by atoms with van der Waals surface area (Å²) in [5, 5.41) is 11.3. The predicted molar refractivity (Wildman–Crippen MR) is 118 cm³/mol. The molecule has 1 aliphatic rings. The second kappa shape index (κ2) is 8.47. The lowest BCUT2D eigenvalue weighted by molar-refractivity contribution is -0.131. The first-order chi connectivity index (χ1) is 14.0. The van der Waals surface area contributed by atoms with Crippen LogP contribution in [0.5, 0.6) is 0 Å². The minimum Gasteiger partial charge on any atom is -0.339 e. The highest BCUT2D eigenvalue weighted by Gasteiger charge is 2.24. The highest BCUT2D eigenvalue weighted by atomic mass is 32.2. The third kappa shape index (κ3) is 3.94. The van der Waals surface area contributed by atoms with Gasteiger partial charge in [-0.1, -0.05) is 25.6 Å². The Morgan fingerprint density at radius 1 is 1.34 bits per heavy atom. The van der Waals surface area contributed by atoms with Crippen molar-refractivity contribution in [3.8, 4) is 0 Å². The van der Waals surface area contributed by atoms with Crippen molar-refractivity contribution in [2.24, 2.45) is 5.92 Å². The fraction of sp³-hybridized carbons (Fsp3) is 0.600. The van der Waals surface area contributed by atoms with Gasteiger partial charge in [-0.3, -0.25) is 18.6 Å². The van der Waals surface area contributed by atoms with E-state index in [4.69, 9.17) is 0 Å². The highest BCUT2D eigenvalue weighted by molar-refractivity contribution is 7.99. The highest BCUT2D eigenvalue weighted by Crippen LogP contribution is 2.26. The molecule has 1 fully saturated rings. The molecule has 3 aromatic rings.